The minimum absolute atomic E-state index is 0.0132. The van der Waals surface area contributed by atoms with Crippen LogP contribution in [0.5, 0.6) is 5.88 Å². The van der Waals surface area contributed by atoms with E-state index in [1.165, 1.54) is 17.7 Å². The lowest BCUT2D eigenvalue weighted by Gasteiger charge is -2.53. The minimum atomic E-state index is -2.98. The van der Waals surface area contributed by atoms with Crippen molar-refractivity contribution in [3.63, 3.8) is 0 Å². The van der Waals surface area contributed by atoms with Crippen LogP contribution in [0.15, 0.2) is 40.9 Å². The van der Waals surface area contributed by atoms with E-state index >= 15 is 0 Å². The largest absolute Gasteiger partial charge is 0.480 e. The Kier molecular flexibility index (Phi) is 8.90. The van der Waals surface area contributed by atoms with Crippen LogP contribution in [0.25, 0.3) is 22.1 Å². The van der Waals surface area contributed by atoms with Crippen molar-refractivity contribution < 1.29 is 37.3 Å². The fourth-order valence-corrected chi connectivity index (χ4v) is 7.58. The van der Waals surface area contributed by atoms with Crippen molar-refractivity contribution >= 4 is 39.5 Å². The van der Waals surface area contributed by atoms with Crippen molar-refractivity contribution in [2.75, 3.05) is 62.3 Å². The molecule has 0 radical (unpaired) electrons. The molecule has 51 heavy (non-hydrogen) atoms. The van der Waals surface area contributed by atoms with Crippen LogP contribution in [0, 0.1) is 17.8 Å². The Labute approximate surface area is 293 Å². The van der Waals surface area contributed by atoms with Crippen LogP contribution < -0.4 is 14.5 Å². The number of hydrogen-bond acceptors (Lipinski definition) is 11. The number of carbonyl (C=O) groups is 1. The third-order valence-electron chi connectivity index (χ3n) is 10.7. The molecule has 4 aliphatic rings. The van der Waals surface area contributed by atoms with Gasteiger partial charge in [0, 0.05) is 30.1 Å². The Hall–Kier alpha value is -4.58. The molecule has 0 unspecified atom stereocenters. The monoisotopic (exact) mass is 702 g/mol. The van der Waals surface area contributed by atoms with E-state index in [-0.39, 0.29) is 35.9 Å². The lowest BCUT2D eigenvalue weighted by molar-refractivity contribution is -0.228. The normalized spacial score (nSPS) is 23.9. The first-order valence-corrected chi connectivity index (χ1v) is 17.5. The van der Waals surface area contributed by atoms with Gasteiger partial charge in [0.25, 0.3) is 6.43 Å². The quantitative estimate of drug-likeness (QED) is 0.264. The SMILES string of the molecule is CC1CCN(CC#Cc2cnc(O[C@H]3C[C@@H](C(=O)O)N(c4nc(C(F)F)nc5c4oc4ccccc45)C3)c(N3CCOC4(COC4)[C@@H]3C)c2)CC1. The van der Waals surface area contributed by atoms with Crippen molar-refractivity contribution in [3.05, 3.63) is 47.9 Å². The van der Waals surface area contributed by atoms with Gasteiger partial charge in [0.1, 0.15) is 34.5 Å². The number of aromatic nitrogens is 3. The summed E-state index contributed by atoms with van der Waals surface area (Å²) >= 11 is 0. The highest BCUT2D eigenvalue weighted by molar-refractivity contribution is 6.06. The second-order valence-electron chi connectivity index (χ2n) is 14.0. The maximum atomic E-state index is 14.1. The molecule has 4 aromatic rings. The Morgan fingerprint density at radius 2 is 1.94 bits per heavy atom. The van der Waals surface area contributed by atoms with E-state index in [9.17, 15) is 18.7 Å². The van der Waals surface area contributed by atoms with Crippen LogP contribution in [0.4, 0.5) is 20.3 Å². The van der Waals surface area contributed by atoms with E-state index in [2.05, 4.69) is 45.5 Å². The number of fused-ring (bicyclic) bond motifs is 3. The smallest absolute Gasteiger partial charge is 0.326 e. The number of carboxylic acid groups (broad SMARTS) is 1. The first-order valence-electron chi connectivity index (χ1n) is 17.5. The highest BCUT2D eigenvalue weighted by Crippen LogP contribution is 2.41. The second-order valence-corrected chi connectivity index (χ2v) is 14.0. The number of alkyl halides is 2. The number of ether oxygens (including phenoxy) is 3. The molecule has 3 aromatic heterocycles. The van der Waals surface area contributed by atoms with Crippen molar-refractivity contribution in [2.45, 2.75) is 63.3 Å². The second kappa shape index (κ2) is 13.5. The Morgan fingerprint density at radius 3 is 2.69 bits per heavy atom. The van der Waals surface area contributed by atoms with Gasteiger partial charge in [-0.1, -0.05) is 30.9 Å². The topological polar surface area (TPSA) is 127 Å². The predicted molar refractivity (Wildman–Crippen MR) is 184 cm³/mol. The van der Waals surface area contributed by atoms with Gasteiger partial charge in [0.05, 0.1) is 39.0 Å². The van der Waals surface area contributed by atoms with E-state index in [0.29, 0.717) is 49.8 Å². The number of pyridine rings is 1. The van der Waals surface area contributed by atoms with Gasteiger partial charge in [-0.3, -0.25) is 4.90 Å². The van der Waals surface area contributed by atoms with Crippen LogP contribution in [0.2, 0.25) is 0 Å². The van der Waals surface area contributed by atoms with Crippen LogP contribution in [-0.2, 0) is 14.3 Å². The number of furan rings is 1. The van der Waals surface area contributed by atoms with E-state index in [1.807, 2.05) is 6.07 Å². The zero-order valence-corrected chi connectivity index (χ0v) is 28.6. The molecular weight excluding hydrogens is 662 g/mol. The number of likely N-dealkylation sites (tertiary alicyclic amines) is 1. The van der Waals surface area contributed by atoms with Crippen LogP contribution in [0.3, 0.4) is 0 Å². The highest BCUT2D eigenvalue weighted by atomic mass is 19.3. The third-order valence-corrected chi connectivity index (χ3v) is 10.7. The van der Waals surface area contributed by atoms with Gasteiger partial charge in [-0.2, -0.15) is 0 Å². The minimum Gasteiger partial charge on any atom is -0.480 e. The highest BCUT2D eigenvalue weighted by Gasteiger charge is 2.50. The van der Waals surface area contributed by atoms with Gasteiger partial charge in [-0.15, -0.1) is 0 Å². The van der Waals surface area contributed by atoms with Gasteiger partial charge >= 0.3 is 5.97 Å². The van der Waals surface area contributed by atoms with E-state index < -0.39 is 36.0 Å². The van der Waals surface area contributed by atoms with E-state index in [4.69, 9.17) is 23.6 Å². The average Bonchev–Trinajstić information content (AvgIpc) is 3.71. The van der Waals surface area contributed by atoms with E-state index in [0.717, 1.165) is 30.3 Å². The number of anilines is 2. The number of hydrogen-bond donors (Lipinski definition) is 1. The fourth-order valence-electron chi connectivity index (χ4n) is 7.58. The van der Waals surface area contributed by atoms with Gasteiger partial charge in [0.2, 0.25) is 5.88 Å². The zero-order valence-electron chi connectivity index (χ0n) is 28.6. The lowest BCUT2D eigenvalue weighted by atomic mass is 9.90. The molecule has 268 valence electrons. The molecular formula is C37H40F2N6O6. The Balaban J connectivity index is 1.11. The summed E-state index contributed by atoms with van der Waals surface area (Å²) in [6, 6.07) is 7.72. The first-order chi connectivity index (χ1) is 24.7. The summed E-state index contributed by atoms with van der Waals surface area (Å²) in [6.45, 7) is 9.21. The van der Waals surface area contributed by atoms with Crippen molar-refractivity contribution in [1.29, 1.82) is 0 Å². The van der Waals surface area contributed by atoms with Crippen LogP contribution in [-0.4, -0.2) is 107 Å². The lowest BCUT2D eigenvalue weighted by Crippen LogP contribution is -2.68. The number of carboxylic acids is 1. The summed E-state index contributed by atoms with van der Waals surface area (Å²) in [5, 5.41) is 10.9. The Bertz CT molecular complexity index is 2000. The third kappa shape index (κ3) is 6.32. The van der Waals surface area contributed by atoms with Gasteiger partial charge in [-0.25, -0.2) is 28.5 Å². The molecule has 4 aliphatic heterocycles. The maximum absolute atomic E-state index is 14.1. The van der Waals surface area contributed by atoms with Crippen LogP contribution >= 0.6 is 0 Å². The molecule has 8 rings (SSSR count). The van der Waals surface area contributed by atoms with E-state index in [1.54, 1.807) is 30.5 Å². The number of aliphatic carboxylic acids is 1. The molecule has 4 fully saturated rings. The van der Waals surface area contributed by atoms with Gasteiger partial charge < -0.3 is 33.5 Å². The maximum Gasteiger partial charge on any atom is 0.326 e. The van der Waals surface area contributed by atoms with Crippen molar-refractivity contribution in [2.24, 2.45) is 5.92 Å². The molecule has 14 heteroatoms. The number of benzene rings is 1. The molecule has 0 saturated carbocycles. The fraction of sp³-hybridized carbons (Fsp3) is 0.514. The zero-order chi connectivity index (χ0) is 35.3. The number of halogens is 2. The number of rotatable bonds is 7. The number of nitrogens with zero attached hydrogens (tertiary/aromatic N) is 6. The average molecular weight is 703 g/mol. The summed E-state index contributed by atoms with van der Waals surface area (Å²) in [4.78, 5) is 31.7. The van der Waals surface area contributed by atoms with Gasteiger partial charge in [-0.05, 0) is 57.0 Å². The first kappa shape index (κ1) is 33.6. The van der Waals surface area contributed by atoms with Gasteiger partial charge in [0.15, 0.2) is 17.2 Å². The molecule has 0 amide bonds. The Morgan fingerprint density at radius 1 is 1.14 bits per heavy atom. The molecule has 1 spiro atoms. The van der Waals surface area contributed by atoms with Crippen molar-refractivity contribution in [3.8, 4) is 17.7 Å². The molecule has 1 aromatic carbocycles. The van der Waals surface area contributed by atoms with Crippen LogP contribution in [0.1, 0.15) is 50.9 Å². The molecule has 7 heterocycles. The molecule has 0 bridgehead atoms. The summed E-state index contributed by atoms with van der Waals surface area (Å²) in [6.07, 6.45) is 0.437. The molecule has 3 atom stereocenters. The summed E-state index contributed by atoms with van der Waals surface area (Å²) < 4.78 is 52.5. The van der Waals surface area contributed by atoms with Crippen molar-refractivity contribution in [1.82, 2.24) is 19.9 Å². The summed E-state index contributed by atoms with van der Waals surface area (Å²) in [7, 11) is 0. The number of piperidine rings is 1. The number of para-hydroxylation sites is 1. The molecule has 4 saturated heterocycles. The molecule has 12 nitrogen and oxygen atoms in total. The number of morpholine rings is 1. The molecule has 0 aliphatic carbocycles. The standard InChI is InChI=1S/C37H40F2N6O6/c1-22-9-12-43(13-10-22)11-5-6-24-16-27(44-14-15-49-37(23(44)2)20-48-21-37)35(40-18-24)50-25-17-28(36(46)47)45(19-25)34-31-30(41-33(42-34)32(38)39)26-7-3-4-8-29(26)51-31/h3-4,7-8,16,18,22-23,25,28,32H,9-15,17,19-21H2,1-2H3,(H,46,47)/t23-,25-,28-/m0/s1. The molecule has 1 N–H and O–H groups in total. The predicted octanol–water partition coefficient (Wildman–Crippen LogP) is 4.90. The summed E-state index contributed by atoms with van der Waals surface area (Å²) in [5.41, 5.74) is 1.79. The summed E-state index contributed by atoms with van der Waals surface area (Å²) in [5.74, 6) is 5.83.